The average molecular weight is 376 g/mol. The molecule has 0 bridgehead atoms. The molecule has 0 radical (unpaired) electrons. The zero-order valence-corrected chi connectivity index (χ0v) is 15.5. The van der Waals surface area contributed by atoms with Gasteiger partial charge in [0, 0.05) is 19.6 Å². The molecule has 2 amide bonds. The SMILES string of the molecule is Cc1cc(C)c(NC(=O)NC[C@@H]2CN(S(C)(=O)=O)CCO2)c(Cl)c1. The predicted molar refractivity (Wildman–Crippen MR) is 94.1 cm³/mol. The number of hydrogen-bond acceptors (Lipinski definition) is 4. The first-order valence-electron chi connectivity index (χ1n) is 7.55. The van der Waals surface area contributed by atoms with Crippen LogP contribution in [0.5, 0.6) is 0 Å². The topological polar surface area (TPSA) is 87.7 Å². The lowest BCUT2D eigenvalue weighted by atomic mass is 10.1. The van der Waals surface area contributed by atoms with Crippen LogP contribution in [0.15, 0.2) is 12.1 Å². The highest BCUT2D eigenvalue weighted by Crippen LogP contribution is 2.27. The first kappa shape index (κ1) is 19.0. The monoisotopic (exact) mass is 375 g/mol. The lowest BCUT2D eigenvalue weighted by molar-refractivity contribution is 0.00167. The van der Waals surface area contributed by atoms with Crippen molar-refractivity contribution < 1.29 is 17.9 Å². The molecular formula is C15H22ClN3O4S. The Kier molecular flexibility index (Phi) is 6.08. The summed E-state index contributed by atoms with van der Waals surface area (Å²) in [6.45, 7) is 4.87. The number of sulfonamides is 1. The van der Waals surface area contributed by atoms with Gasteiger partial charge in [0.2, 0.25) is 10.0 Å². The molecule has 24 heavy (non-hydrogen) atoms. The number of hydrogen-bond donors (Lipinski definition) is 2. The molecule has 7 nitrogen and oxygen atoms in total. The van der Waals surface area contributed by atoms with E-state index in [4.69, 9.17) is 16.3 Å². The minimum absolute atomic E-state index is 0.209. The van der Waals surface area contributed by atoms with Gasteiger partial charge in [-0.25, -0.2) is 13.2 Å². The normalized spacial score (nSPS) is 19.1. The quantitative estimate of drug-likeness (QED) is 0.839. The summed E-state index contributed by atoms with van der Waals surface area (Å²) < 4.78 is 30.0. The number of aryl methyl sites for hydroxylation is 2. The first-order valence-corrected chi connectivity index (χ1v) is 9.78. The van der Waals surface area contributed by atoms with Crippen LogP contribution in [0.3, 0.4) is 0 Å². The van der Waals surface area contributed by atoms with Crippen molar-refractivity contribution in [2.45, 2.75) is 20.0 Å². The summed E-state index contributed by atoms with van der Waals surface area (Å²) in [6, 6.07) is 3.29. The molecule has 1 aromatic rings. The third-order valence-corrected chi connectivity index (χ3v) is 5.30. The molecule has 9 heteroatoms. The van der Waals surface area contributed by atoms with Crippen LogP contribution in [0, 0.1) is 13.8 Å². The van der Waals surface area contributed by atoms with E-state index < -0.39 is 16.1 Å². The number of urea groups is 1. The van der Waals surface area contributed by atoms with Crippen LogP contribution >= 0.6 is 11.6 Å². The Morgan fingerprint density at radius 3 is 2.75 bits per heavy atom. The van der Waals surface area contributed by atoms with Gasteiger partial charge in [-0.15, -0.1) is 0 Å². The summed E-state index contributed by atoms with van der Waals surface area (Å²) in [4.78, 5) is 12.1. The van der Waals surface area contributed by atoms with E-state index in [1.54, 1.807) is 6.07 Å². The van der Waals surface area contributed by atoms with Crippen LogP contribution in [0.1, 0.15) is 11.1 Å². The number of carbonyl (C=O) groups excluding carboxylic acids is 1. The minimum atomic E-state index is -3.25. The van der Waals surface area contributed by atoms with Crippen molar-refractivity contribution in [2.24, 2.45) is 0 Å². The Balaban J connectivity index is 1.90. The molecule has 1 atom stereocenters. The molecular weight excluding hydrogens is 354 g/mol. The van der Waals surface area contributed by atoms with E-state index in [9.17, 15) is 13.2 Å². The lowest BCUT2D eigenvalue weighted by Gasteiger charge is -2.31. The Morgan fingerprint density at radius 1 is 1.42 bits per heavy atom. The fraction of sp³-hybridized carbons (Fsp3) is 0.533. The van der Waals surface area contributed by atoms with E-state index in [1.165, 1.54) is 4.31 Å². The average Bonchev–Trinajstić information content (AvgIpc) is 2.48. The second-order valence-corrected chi connectivity index (χ2v) is 8.28. The highest BCUT2D eigenvalue weighted by atomic mass is 35.5. The number of morpholine rings is 1. The number of halogens is 1. The van der Waals surface area contributed by atoms with Gasteiger partial charge in [-0.3, -0.25) is 0 Å². The van der Waals surface area contributed by atoms with Crippen molar-refractivity contribution in [3.8, 4) is 0 Å². The van der Waals surface area contributed by atoms with Crippen LogP contribution in [0.2, 0.25) is 5.02 Å². The van der Waals surface area contributed by atoms with E-state index in [0.717, 1.165) is 17.4 Å². The van der Waals surface area contributed by atoms with Gasteiger partial charge in [0.15, 0.2) is 0 Å². The number of rotatable bonds is 4. The van der Waals surface area contributed by atoms with Gasteiger partial charge in [0.25, 0.3) is 0 Å². The number of nitrogens with zero attached hydrogens (tertiary/aromatic N) is 1. The molecule has 0 saturated carbocycles. The first-order chi connectivity index (χ1) is 11.2. The molecule has 1 aromatic carbocycles. The maximum atomic E-state index is 12.1. The Labute approximate surface area is 147 Å². The van der Waals surface area contributed by atoms with Gasteiger partial charge in [0.05, 0.1) is 29.7 Å². The van der Waals surface area contributed by atoms with E-state index in [1.807, 2.05) is 19.9 Å². The standard InChI is InChI=1S/C15H22ClN3O4S/c1-10-6-11(2)14(13(16)7-10)18-15(20)17-8-12-9-19(4-5-23-12)24(3,21)22/h6-7,12H,4-5,8-9H2,1-3H3,(H2,17,18,20)/t12-/m1/s1. The van der Waals surface area contributed by atoms with Gasteiger partial charge in [0.1, 0.15) is 0 Å². The summed E-state index contributed by atoms with van der Waals surface area (Å²) in [6.07, 6.45) is 0.784. The largest absolute Gasteiger partial charge is 0.374 e. The van der Waals surface area contributed by atoms with E-state index in [2.05, 4.69) is 10.6 Å². The minimum Gasteiger partial charge on any atom is -0.374 e. The molecule has 2 rings (SSSR count). The molecule has 1 fully saturated rings. The van der Waals surface area contributed by atoms with Gasteiger partial charge in [-0.2, -0.15) is 4.31 Å². The summed E-state index contributed by atoms with van der Waals surface area (Å²) in [5, 5.41) is 5.88. The van der Waals surface area contributed by atoms with Crippen molar-refractivity contribution in [3.63, 3.8) is 0 Å². The summed E-state index contributed by atoms with van der Waals surface area (Å²) in [5.74, 6) is 0. The van der Waals surface area contributed by atoms with Gasteiger partial charge in [-0.1, -0.05) is 17.7 Å². The zero-order chi connectivity index (χ0) is 17.9. The highest BCUT2D eigenvalue weighted by molar-refractivity contribution is 7.88. The van der Waals surface area contributed by atoms with Crippen molar-refractivity contribution in [1.82, 2.24) is 9.62 Å². The molecule has 1 heterocycles. The van der Waals surface area contributed by atoms with Crippen molar-refractivity contribution in [1.29, 1.82) is 0 Å². The zero-order valence-electron chi connectivity index (χ0n) is 13.9. The summed E-state index contributed by atoms with van der Waals surface area (Å²) in [7, 11) is -3.25. The third-order valence-electron chi connectivity index (χ3n) is 3.73. The van der Waals surface area contributed by atoms with Crippen LogP contribution in [-0.2, 0) is 14.8 Å². The number of nitrogens with one attached hydrogen (secondary N) is 2. The van der Waals surface area contributed by atoms with Gasteiger partial charge < -0.3 is 15.4 Å². The molecule has 134 valence electrons. The molecule has 2 N–H and O–H groups in total. The maximum Gasteiger partial charge on any atom is 0.319 e. The number of amides is 2. The Morgan fingerprint density at radius 2 is 2.12 bits per heavy atom. The molecule has 0 spiro atoms. The number of ether oxygens (including phenoxy) is 1. The third kappa shape index (κ3) is 5.07. The van der Waals surface area contributed by atoms with E-state index >= 15 is 0 Å². The van der Waals surface area contributed by atoms with Crippen LogP contribution in [0.4, 0.5) is 10.5 Å². The van der Waals surface area contributed by atoms with Gasteiger partial charge in [-0.05, 0) is 31.0 Å². The van der Waals surface area contributed by atoms with Crippen LogP contribution in [0.25, 0.3) is 0 Å². The molecule has 1 aliphatic heterocycles. The van der Waals surface area contributed by atoms with Gasteiger partial charge >= 0.3 is 6.03 Å². The van der Waals surface area contributed by atoms with E-state index in [-0.39, 0.29) is 19.2 Å². The number of carbonyl (C=O) groups is 1. The van der Waals surface area contributed by atoms with Crippen LogP contribution in [-0.4, -0.2) is 57.4 Å². The van der Waals surface area contributed by atoms with Crippen molar-refractivity contribution in [2.75, 3.05) is 37.8 Å². The number of anilines is 1. The smallest absolute Gasteiger partial charge is 0.319 e. The summed E-state index contributed by atoms with van der Waals surface area (Å²) >= 11 is 6.16. The molecule has 0 aliphatic carbocycles. The highest BCUT2D eigenvalue weighted by Gasteiger charge is 2.26. The fourth-order valence-electron chi connectivity index (χ4n) is 2.56. The Bertz CT molecular complexity index is 700. The maximum absolute atomic E-state index is 12.1. The van der Waals surface area contributed by atoms with Crippen molar-refractivity contribution in [3.05, 3.63) is 28.3 Å². The molecule has 0 aromatic heterocycles. The van der Waals surface area contributed by atoms with Crippen LogP contribution < -0.4 is 10.6 Å². The second-order valence-electron chi connectivity index (χ2n) is 5.89. The van der Waals surface area contributed by atoms with E-state index in [0.29, 0.717) is 23.9 Å². The number of benzene rings is 1. The molecule has 1 aliphatic rings. The fourth-order valence-corrected chi connectivity index (χ4v) is 3.77. The Hall–Kier alpha value is -1.35. The predicted octanol–water partition coefficient (Wildman–Crippen LogP) is 1.74. The second kappa shape index (κ2) is 7.69. The lowest BCUT2D eigenvalue weighted by Crippen LogP contribution is -2.49. The molecule has 1 saturated heterocycles. The van der Waals surface area contributed by atoms with Crippen molar-refractivity contribution >= 4 is 33.3 Å². The summed E-state index contributed by atoms with van der Waals surface area (Å²) in [5.41, 5.74) is 2.44. The molecule has 0 unspecified atom stereocenters.